The number of hydrogen-bond acceptors (Lipinski definition) is 4. The van der Waals surface area contributed by atoms with Crippen LogP contribution in [0, 0.1) is 12.8 Å². The number of benzene rings is 1. The number of imidazole rings is 1. The number of halogens is 3. The highest BCUT2D eigenvalue weighted by molar-refractivity contribution is 5.80. The Morgan fingerprint density at radius 2 is 1.96 bits per heavy atom. The van der Waals surface area contributed by atoms with Crippen molar-refractivity contribution in [1.82, 2.24) is 24.4 Å². The molecule has 148 valence electrons. The van der Waals surface area contributed by atoms with E-state index < -0.39 is 11.9 Å². The molecule has 8 heteroatoms. The van der Waals surface area contributed by atoms with Gasteiger partial charge in [-0.2, -0.15) is 13.2 Å². The minimum absolute atomic E-state index is 0.273. The second kappa shape index (κ2) is 7.16. The van der Waals surface area contributed by atoms with Gasteiger partial charge >= 0.3 is 6.18 Å². The van der Waals surface area contributed by atoms with Crippen LogP contribution in [0.4, 0.5) is 13.2 Å². The van der Waals surface area contributed by atoms with Crippen LogP contribution in [-0.4, -0.2) is 38.0 Å². The smallest absolute Gasteiger partial charge is 0.334 e. The molecule has 28 heavy (non-hydrogen) atoms. The van der Waals surface area contributed by atoms with E-state index >= 15 is 0 Å². The van der Waals surface area contributed by atoms with Crippen molar-refractivity contribution in [2.45, 2.75) is 39.0 Å². The monoisotopic (exact) mass is 389 g/mol. The number of rotatable bonds is 4. The van der Waals surface area contributed by atoms with Gasteiger partial charge in [0.2, 0.25) is 0 Å². The Labute approximate surface area is 161 Å². The zero-order chi connectivity index (χ0) is 19.9. The molecular formula is C20H22F3N5. The van der Waals surface area contributed by atoms with Gasteiger partial charge in [-0.15, -0.1) is 0 Å². The van der Waals surface area contributed by atoms with Gasteiger partial charge in [0, 0.05) is 36.8 Å². The molecule has 3 heterocycles. The molecule has 0 bridgehead atoms. The first-order valence-corrected chi connectivity index (χ1v) is 9.33. The molecule has 0 saturated carbocycles. The third-order valence-electron chi connectivity index (χ3n) is 5.20. The molecule has 4 rings (SSSR count). The van der Waals surface area contributed by atoms with E-state index in [0.29, 0.717) is 25.3 Å². The molecule has 0 spiro atoms. The summed E-state index contributed by atoms with van der Waals surface area (Å²) in [5, 5.41) is 1.05. The molecule has 0 aliphatic carbocycles. The Bertz CT molecular complexity index is 995. The van der Waals surface area contributed by atoms with Gasteiger partial charge < -0.3 is 4.57 Å². The van der Waals surface area contributed by atoms with Crippen molar-refractivity contribution in [2.24, 2.45) is 5.92 Å². The SMILES string of the molecule is Cc1nc(CN(C)C[C@H]2CCc3nc(C(F)(F)F)cn3C2)nc2ccccc12. The molecular weight excluding hydrogens is 367 g/mol. The predicted octanol–water partition coefficient (Wildman–Crippen LogP) is 3.85. The molecule has 0 saturated heterocycles. The topological polar surface area (TPSA) is 46.8 Å². The maximum Gasteiger partial charge on any atom is 0.434 e. The van der Waals surface area contributed by atoms with Crippen LogP contribution < -0.4 is 0 Å². The van der Waals surface area contributed by atoms with Crippen molar-refractivity contribution in [3.63, 3.8) is 0 Å². The van der Waals surface area contributed by atoms with Gasteiger partial charge in [0.05, 0.1) is 12.1 Å². The summed E-state index contributed by atoms with van der Waals surface area (Å²) in [4.78, 5) is 15.1. The second-order valence-corrected chi connectivity index (χ2v) is 7.54. The number of aryl methyl sites for hydroxylation is 2. The molecule has 1 atom stereocenters. The van der Waals surface area contributed by atoms with E-state index in [1.54, 1.807) is 4.57 Å². The number of aromatic nitrogens is 4. The van der Waals surface area contributed by atoms with Crippen LogP contribution in [-0.2, 0) is 25.7 Å². The van der Waals surface area contributed by atoms with Crippen molar-refractivity contribution in [1.29, 1.82) is 0 Å². The summed E-state index contributed by atoms with van der Waals surface area (Å²) in [6, 6.07) is 7.93. The van der Waals surface area contributed by atoms with Crippen molar-refractivity contribution < 1.29 is 13.2 Å². The van der Waals surface area contributed by atoms with Crippen molar-refractivity contribution in [2.75, 3.05) is 13.6 Å². The molecule has 2 aromatic heterocycles. The van der Waals surface area contributed by atoms with E-state index in [4.69, 9.17) is 0 Å². The average molecular weight is 389 g/mol. The Morgan fingerprint density at radius 1 is 1.18 bits per heavy atom. The summed E-state index contributed by atoms with van der Waals surface area (Å²) in [5.41, 5.74) is 1.09. The summed E-state index contributed by atoms with van der Waals surface area (Å²) in [6.45, 7) is 3.91. The van der Waals surface area contributed by atoms with Crippen LogP contribution in [0.25, 0.3) is 10.9 Å². The van der Waals surface area contributed by atoms with E-state index in [1.165, 1.54) is 0 Å². The van der Waals surface area contributed by atoms with Crippen molar-refractivity contribution in [3.05, 3.63) is 53.5 Å². The highest BCUT2D eigenvalue weighted by atomic mass is 19.4. The van der Waals surface area contributed by atoms with Gasteiger partial charge in [-0.05, 0) is 32.4 Å². The Kier molecular flexibility index (Phi) is 4.82. The van der Waals surface area contributed by atoms with E-state index in [1.807, 2.05) is 38.2 Å². The molecule has 0 amide bonds. The molecule has 1 aliphatic rings. The van der Waals surface area contributed by atoms with Gasteiger partial charge in [-0.1, -0.05) is 18.2 Å². The Balaban J connectivity index is 1.42. The quantitative estimate of drug-likeness (QED) is 0.680. The fourth-order valence-corrected chi connectivity index (χ4v) is 3.91. The molecule has 0 radical (unpaired) electrons. The van der Waals surface area contributed by atoms with Crippen LogP contribution in [0.15, 0.2) is 30.5 Å². The van der Waals surface area contributed by atoms with Crippen LogP contribution in [0.3, 0.4) is 0 Å². The Morgan fingerprint density at radius 3 is 2.75 bits per heavy atom. The lowest BCUT2D eigenvalue weighted by Gasteiger charge is -2.27. The first-order chi connectivity index (χ1) is 13.3. The van der Waals surface area contributed by atoms with Crippen LogP contribution in [0.2, 0.25) is 0 Å². The fraction of sp³-hybridized carbons (Fsp3) is 0.450. The standard InChI is InChI=1S/C20H22F3N5/c1-13-15-5-3-4-6-16(15)25-18(24-13)12-27(2)9-14-7-8-19-26-17(20(21,22)23)11-28(19)10-14/h3-6,11,14H,7-10,12H2,1-2H3/t14-/m1/s1. The average Bonchev–Trinajstić information content (AvgIpc) is 3.05. The number of alkyl halides is 3. The van der Waals surface area contributed by atoms with Crippen molar-refractivity contribution >= 4 is 10.9 Å². The predicted molar refractivity (Wildman–Crippen MR) is 99.6 cm³/mol. The molecule has 0 fully saturated rings. The lowest BCUT2D eigenvalue weighted by atomic mass is 9.99. The lowest BCUT2D eigenvalue weighted by molar-refractivity contribution is -0.141. The first kappa shape index (κ1) is 18.9. The van der Waals surface area contributed by atoms with Gasteiger partial charge in [0.25, 0.3) is 0 Å². The normalized spacial score (nSPS) is 17.3. The first-order valence-electron chi connectivity index (χ1n) is 9.33. The Hall–Kier alpha value is -2.48. The van der Waals surface area contributed by atoms with Crippen LogP contribution >= 0.6 is 0 Å². The molecule has 0 unspecified atom stereocenters. The van der Waals surface area contributed by atoms with E-state index in [-0.39, 0.29) is 5.92 Å². The summed E-state index contributed by atoms with van der Waals surface area (Å²) in [6.07, 6.45) is -1.85. The highest BCUT2D eigenvalue weighted by Gasteiger charge is 2.35. The highest BCUT2D eigenvalue weighted by Crippen LogP contribution is 2.30. The number of para-hydroxylation sites is 1. The zero-order valence-electron chi connectivity index (χ0n) is 15.9. The summed E-state index contributed by atoms with van der Waals surface area (Å²) < 4.78 is 40.3. The molecule has 0 N–H and O–H groups in total. The minimum atomic E-state index is -4.39. The van der Waals surface area contributed by atoms with E-state index in [2.05, 4.69) is 19.9 Å². The van der Waals surface area contributed by atoms with Crippen LogP contribution in [0.1, 0.15) is 29.5 Å². The van der Waals surface area contributed by atoms with E-state index in [0.717, 1.165) is 41.6 Å². The fourth-order valence-electron chi connectivity index (χ4n) is 3.91. The zero-order valence-corrected chi connectivity index (χ0v) is 15.9. The minimum Gasteiger partial charge on any atom is -0.334 e. The van der Waals surface area contributed by atoms with Gasteiger partial charge in [-0.25, -0.2) is 15.0 Å². The third-order valence-corrected chi connectivity index (χ3v) is 5.20. The molecule has 1 aromatic carbocycles. The molecule has 1 aliphatic heterocycles. The maximum absolute atomic E-state index is 12.9. The number of nitrogens with zero attached hydrogens (tertiary/aromatic N) is 5. The number of hydrogen-bond donors (Lipinski definition) is 0. The van der Waals surface area contributed by atoms with Gasteiger partial charge in [-0.3, -0.25) is 4.90 Å². The number of fused-ring (bicyclic) bond motifs is 2. The van der Waals surface area contributed by atoms with Crippen molar-refractivity contribution in [3.8, 4) is 0 Å². The molecule has 5 nitrogen and oxygen atoms in total. The largest absolute Gasteiger partial charge is 0.434 e. The molecule has 3 aromatic rings. The second-order valence-electron chi connectivity index (χ2n) is 7.54. The third kappa shape index (κ3) is 3.87. The van der Waals surface area contributed by atoms with Gasteiger partial charge in [0.15, 0.2) is 5.69 Å². The summed E-state index contributed by atoms with van der Waals surface area (Å²) >= 11 is 0. The van der Waals surface area contributed by atoms with Gasteiger partial charge in [0.1, 0.15) is 11.6 Å². The van der Waals surface area contributed by atoms with E-state index in [9.17, 15) is 13.2 Å². The summed E-state index contributed by atoms with van der Waals surface area (Å²) in [5.74, 6) is 1.56. The lowest BCUT2D eigenvalue weighted by Crippen LogP contribution is -2.31. The maximum atomic E-state index is 12.9. The summed E-state index contributed by atoms with van der Waals surface area (Å²) in [7, 11) is 2.00. The van der Waals surface area contributed by atoms with Crippen LogP contribution in [0.5, 0.6) is 0 Å².